The molecule has 0 unspecified atom stereocenters. The van der Waals surface area contributed by atoms with E-state index in [1.54, 1.807) is 0 Å². The van der Waals surface area contributed by atoms with Gasteiger partial charge < -0.3 is 15.3 Å². The molecule has 2 aromatic carbocycles. The van der Waals surface area contributed by atoms with Gasteiger partial charge in [0.1, 0.15) is 17.2 Å². The normalized spacial score (nSPS) is 10.6. The van der Waals surface area contributed by atoms with Crippen molar-refractivity contribution < 1.29 is 20.1 Å². The van der Waals surface area contributed by atoms with Crippen LogP contribution in [0.5, 0.6) is 17.2 Å². The summed E-state index contributed by atoms with van der Waals surface area (Å²) in [6.45, 7) is 0. The minimum atomic E-state index is -0.445. The van der Waals surface area contributed by atoms with Crippen molar-refractivity contribution in [2.75, 3.05) is 0 Å². The minimum Gasteiger partial charge on any atom is -0.508 e. The fraction of sp³-hybridized carbons (Fsp3) is 0. The molecule has 0 aliphatic heterocycles. The van der Waals surface area contributed by atoms with Gasteiger partial charge in [0, 0.05) is 17.2 Å². The van der Waals surface area contributed by atoms with Crippen molar-refractivity contribution in [1.29, 1.82) is 0 Å². The van der Waals surface area contributed by atoms with Crippen LogP contribution in [-0.2, 0) is 0 Å². The summed E-state index contributed by atoms with van der Waals surface area (Å²) >= 11 is 0. The Balaban J connectivity index is 2.02. The molecule has 102 valence electrons. The van der Waals surface area contributed by atoms with Gasteiger partial charge in [-0.2, -0.15) is 5.10 Å². The van der Waals surface area contributed by atoms with Crippen LogP contribution >= 0.6 is 0 Å². The standard InChI is InChI=1S/C14H12N2O4/c17-11-4-1-9(2-5-11)14(20)16-15-8-10-3-6-12(18)7-13(10)19/h1-8,17-19H,(H,16,20)/b15-8-. The highest BCUT2D eigenvalue weighted by molar-refractivity contribution is 5.95. The molecule has 0 saturated carbocycles. The third-order valence-electron chi connectivity index (χ3n) is 2.51. The summed E-state index contributed by atoms with van der Waals surface area (Å²) in [5.74, 6) is -0.584. The molecule has 0 fully saturated rings. The average Bonchev–Trinajstić information content (AvgIpc) is 2.42. The molecule has 0 bridgehead atoms. The van der Waals surface area contributed by atoms with Crippen molar-refractivity contribution in [1.82, 2.24) is 5.43 Å². The van der Waals surface area contributed by atoms with E-state index in [-0.39, 0.29) is 17.2 Å². The topological polar surface area (TPSA) is 102 Å². The van der Waals surface area contributed by atoms with Crippen LogP contribution in [0.4, 0.5) is 0 Å². The van der Waals surface area contributed by atoms with Gasteiger partial charge in [-0.25, -0.2) is 5.43 Å². The van der Waals surface area contributed by atoms with E-state index in [0.29, 0.717) is 11.1 Å². The van der Waals surface area contributed by atoms with Gasteiger partial charge in [0.2, 0.25) is 0 Å². The number of aromatic hydroxyl groups is 3. The molecule has 2 rings (SSSR count). The summed E-state index contributed by atoms with van der Waals surface area (Å²) in [7, 11) is 0. The molecule has 0 heterocycles. The molecule has 0 aliphatic rings. The first-order valence-corrected chi connectivity index (χ1v) is 5.70. The SMILES string of the molecule is O=C(N/N=C\c1ccc(O)cc1O)c1ccc(O)cc1. The van der Waals surface area contributed by atoms with Gasteiger partial charge in [0.25, 0.3) is 5.91 Å². The van der Waals surface area contributed by atoms with Crippen LogP contribution in [0.3, 0.4) is 0 Å². The zero-order chi connectivity index (χ0) is 14.5. The number of phenols is 3. The van der Waals surface area contributed by atoms with E-state index in [0.717, 1.165) is 0 Å². The summed E-state index contributed by atoms with van der Waals surface area (Å²) in [6, 6.07) is 9.72. The zero-order valence-electron chi connectivity index (χ0n) is 10.3. The highest BCUT2D eigenvalue weighted by atomic mass is 16.3. The maximum atomic E-state index is 11.7. The lowest BCUT2D eigenvalue weighted by Crippen LogP contribution is -2.17. The third-order valence-corrected chi connectivity index (χ3v) is 2.51. The maximum absolute atomic E-state index is 11.7. The number of carbonyl (C=O) groups is 1. The minimum absolute atomic E-state index is 0.0622. The van der Waals surface area contributed by atoms with Crippen molar-refractivity contribution in [3.63, 3.8) is 0 Å². The predicted molar refractivity (Wildman–Crippen MR) is 72.9 cm³/mol. The van der Waals surface area contributed by atoms with Crippen molar-refractivity contribution in [2.45, 2.75) is 0 Å². The zero-order valence-corrected chi connectivity index (χ0v) is 10.3. The first-order valence-electron chi connectivity index (χ1n) is 5.70. The third kappa shape index (κ3) is 3.26. The molecule has 4 N–H and O–H groups in total. The van der Waals surface area contributed by atoms with E-state index in [9.17, 15) is 9.90 Å². The number of benzene rings is 2. The molecule has 0 spiro atoms. The molecule has 0 aromatic heterocycles. The first-order chi connectivity index (χ1) is 9.56. The Kier molecular flexibility index (Phi) is 3.85. The number of nitrogens with one attached hydrogen (secondary N) is 1. The van der Waals surface area contributed by atoms with E-state index >= 15 is 0 Å². The molecular formula is C14H12N2O4. The second-order valence-electron chi connectivity index (χ2n) is 3.99. The monoisotopic (exact) mass is 272 g/mol. The van der Waals surface area contributed by atoms with Crippen LogP contribution in [0, 0.1) is 0 Å². The largest absolute Gasteiger partial charge is 0.508 e. The Hall–Kier alpha value is -3.02. The number of nitrogens with zero attached hydrogens (tertiary/aromatic N) is 1. The van der Waals surface area contributed by atoms with E-state index in [2.05, 4.69) is 10.5 Å². The number of phenolic OH excluding ortho intramolecular Hbond substituents is 3. The summed E-state index contributed by atoms with van der Waals surface area (Å²) < 4.78 is 0. The average molecular weight is 272 g/mol. The van der Waals surface area contributed by atoms with Gasteiger partial charge in [-0.1, -0.05) is 0 Å². The molecule has 0 atom stereocenters. The summed E-state index contributed by atoms with van der Waals surface area (Å²) in [5.41, 5.74) is 2.98. The van der Waals surface area contributed by atoms with Gasteiger partial charge in [0.15, 0.2) is 0 Å². The van der Waals surface area contributed by atoms with Crippen LogP contribution in [0.1, 0.15) is 15.9 Å². The molecule has 1 amide bonds. The fourth-order valence-electron chi connectivity index (χ4n) is 1.48. The van der Waals surface area contributed by atoms with Crippen LogP contribution in [0.2, 0.25) is 0 Å². The molecule has 6 nitrogen and oxygen atoms in total. The number of carbonyl (C=O) groups excluding carboxylic acids is 1. The van der Waals surface area contributed by atoms with E-state index in [1.807, 2.05) is 0 Å². The lowest BCUT2D eigenvalue weighted by atomic mass is 10.2. The van der Waals surface area contributed by atoms with Gasteiger partial charge in [-0.3, -0.25) is 4.79 Å². The van der Waals surface area contributed by atoms with Crippen molar-refractivity contribution >= 4 is 12.1 Å². The summed E-state index contributed by atoms with van der Waals surface area (Å²) in [4.78, 5) is 11.7. The number of rotatable bonds is 3. The highest BCUT2D eigenvalue weighted by Crippen LogP contribution is 2.20. The smallest absolute Gasteiger partial charge is 0.271 e. The van der Waals surface area contributed by atoms with Crippen molar-refractivity contribution in [3.8, 4) is 17.2 Å². The van der Waals surface area contributed by atoms with Crippen molar-refractivity contribution in [2.24, 2.45) is 5.10 Å². The second kappa shape index (κ2) is 5.75. The maximum Gasteiger partial charge on any atom is 0.271 e. The van der Waals surface area contributed by atoms with E-state index in [4.69, 9.17) is 10.2 Å². The first kappa shape index (κ1) is 13.4. The highest BCUT2D eigenvalue weighted by Gasteiger charge is 2.04. The Labute approximate surface area is 114 Å². The Morgan fingerprint density at radius 2 is 1.65 bits per heavy atom. The van der Waals surface area contributed by atoms with Crippen LogP contribution < -0.4 is 5.43 Å². The molecule has 0 aliphatic carbocycles. The molecule has 2 aromatic rings. The number of amides is 1. The molecule has 0 radical (unpaired) electrons. The van der Waals surface area contributed by atoms with Gasteiger partial charge in [-0.05, 0) is 36.4 Å². The van der Waals surface area contributed by atoms with Crippen LogP contribution in [-0.4, -0.2) is 27.4 Å². The van der Waals surface area contributed by atoms with Crippen LogP contribution in [0.25, 0.3) is 0 Å². The molecular weight excluding hydrogens is 260 g/mol. The molecule has 20 heavy (non-hydrogen) atoms. The molecule has 6 heteroatoms. The Morgan fingerprint density at radius 3 is 2.30 bits per heavy atom. The van der Waals surface area contributed by atoms with E-state index in [1.165, 1.54) is 48.7 Å². The van der Waals surface area contributed by atoms with Gasteiger partial charge in [-0.15, -0.1) is 0 Å². The van der Waals surface area contributed by atoms with E-state index < -0.39 is 5.91 Å². The fourth-order valence-corrected chi connectivity index (χ4v) is 1.48. The van der Waals surface area contributed by atoms with Gasteiger partial charge >= 0.3 is 0 Å². The Bertz CT molecular complexity index is 651. The van der Waals surface area contributed by atoms with Crippen LogP contribution in [0.15, 0.2) is 47.6 Å². The van der Waals surface area contributed by atoms with Gasteiger partial charge in [0.05, 0.1) is 6.21 Å². The second-order valence-corrected chi connectivity index (χ2v) is 3.99. The number of hydrogen-bond acceptors (Lipinski definition) is 5. The predicted octanol–water partition coefficient (Wildman–Crippen LogP) is 1.57. The quantitative estimate of drug-likeness (QED) is 0.503. The lowest BCUT2D eigenvalue weighted by molar-refractivity contribution is 0.0955. The Morgan fingerprint density at radius 1 is 1.00 bits per heavy atom. The number of hydrazone groups is 1. The lowest BCUT2D eigenvalue weighted by Gasteiger charge is -2.01. The number of hydrogen-bond donors (Lipinski definition) is 4. The van der Waals surface area contributed by atoms with Crippen molar-refractivity contribution in [3.05, 3.63) is 53.6 Å². The summed E-state index contributed by atoms with van der Waals surface area (Å²) in [5, 5.41) is 31.4. The molecule has 0 saturated heterocycles. The summed E-state index contributed by atoms with van der Waals surface area (Å²) in [6.07, 6.45) is 1.26.